The lowest BCUT2D eigenvalue weighted by Crippen LogP contribution is -2.50. The lowest BCUT2D eigenvalue weighted by molar-refractivity contribution is -0.141. The highest BCUT2D eigenvalue weighted by molar-refractivity contribution is 9.10. The first-order chi connectivity index (χ1) is 17.5. The molecule has 0 aliphatic carbocycles. The maximum Gasteiger partial charge on any atom is 0.243 e. The molecule has 0 aliphatic heterocycles. The van der Waals surface area contributed by atoms with Crippen LogP contribution < -0.4 is 5.32 Å². The lowest BCUT2D eigenvalue weighted by Gasteiger charge is -2.31. The average Bonchev–Trinajstić information content (AvgIpc) is 2.88. The first-order valence-corrected chi connectivity index (χ1v) is 14.4. The summed E-state index contributed by atoms with van der Waals surface area (Å²) in [6, 6.07) is 24.8. The number of hydrogen-bond donors (Lipinski definition) is 1. The van der Waals surface area contributed by atoms with Gasteiger partial charge in [0.25, 0.3) is 0 Å². The summed E-state index contributed by atoms with van der Waals surface area (Å²) in [5.41, 5.74) is 2.00. The van der Waals surface area contributed by atoms with E-state index in [-0.39, 0.29) is 11.8 Å². The van der Waals surface area contributed by atoms with Crippen molar-refractivity contribution in [2.24, 2.45) is 0 Å². The smallest absolute Gasteiger partial charge is 0.243 e. The number of nitrogens with one attached hydrogen (secondary N) is 1. The van der Waals surface area contributed by atoms with Gasteiger partial charge in [0.05, 0.1) is 0 Å². The first-order valence-electron chi connectivity index (χ1n) is 12.2. The number of hydrogen-bond acceptors (Lipinski definition) is 3. The molecule has 0 spiro atoms. The maximum absolute atomic E-state index is 13.6. The van der Waals surface area contributed by atoms with Gasteiger partial charge in [-0.25, -0.2) is 0 Å². The predicted octanol–water partition coefficient (Wildman–Crippen LogP) is 7.14. The number of rotatable bonds is 13. The summed E-state index contributed by atoms with van der Waals surface area (Å²) in [7, 11) is 0. The summed E-state index contributed by atoms with van der Waals surface area (Å²) in [4.78, 5) is 29.9. The van der Waals surface area contributed by atoms with Crippen LogP contribution in [0.25, 0.3) is 0 Å². The monoisotopic (exact) mass is 586 g/mol. The van der Waals surface area contributed by atoms with Crippen LogP contribution in [0.4, 0.5) is 0 Å². The van der Waals surface area contributed by atoms with Crippen LogP contribution in [0.15, 0.2) is 88.2 Å². The summed E-state index contributed by atoms with van der Waals surface area (Å²) in [6.45, 7) is 3.06. The Kier molecular flexibility index (Phi) is 11.9. The zero-order chi connectivity index (χ0) is 25.8. The number of amides is 2. The van der Waals surface area contributed by atoms with Crippen LogP contribution in [0, 0.1) is 0 Å². The Morgan fingerprint density at radius 3 is 2.42 bits per heavy atom. The normalized spacial score (nSPS) is 11.6. The molecule has 0 aromatic heterocycles. The Bertz CT molecular complexity index is 1110. The highest BCUT2D eigenvalue weighted by Crippen LogP contribution is 2.23. The van der Waals surface area contributed by atoms with Crippen LogP contribution in [-0.2, 0) is 22.6 Å². The van der Waals surface area contributed by atoms with E-state index < -0.39 is 6.04 Å². The van der Waals surface area contributed by atoms with Crippen LogP contribution in [0.2, 0.25) is 5.02 Å². The third-order valence-electron chi connectivity index (χ3n) is 5.74. The molecule has 0 radical (unpaired) electrons. The van der Waals surface area contributed by atoms with Crippen LogP contribution in [0.1, 0.15) is 37.3 Å². The molecule has 0 heterocycles. The van der Waals surface area contributed by atoms with Crippen molar-refractivity contribution >= 4 is 51.1 Å². The second-order valence-corrected chi connectivity index (χ2v) is 11.1. The summed E-state index contributed by atoms with van der Waals surface area (Å²) >= 11 is 11.1. The standard InChI is InChI=1S/C29H32BrClN2O2S/c1-2-3-17-32-29(35)27(20-22-8-5-4-6-9-22)33(21-23-10-7-11-24(30)19-23)28(34)16-18-36-26-14-12-25(31)13-15-26/h4-15,19,27H,2-3,16-18,20-21H2,1H3,(H,32,35). The first kappa shape index (κ1) is 28.3. The third kappa shape index (κ3) is 9.30. The summed E-state index contributed by atoms with van der Waals surface area (Å²) in [5, 5.41) is 3.75. The highest BCUT2D eigenvalue weighted by Gasteiger charge is 2.30. The number of benzene rings is 3. The van der Waals surface area contributed by atoms with Crippen LogP contribution >= 0.6 is 39.3 Å². The van der Waals surface area contributed by atoms with Crippen LogP contribution in [0.5, 0.6) is 0 Å². The summed E-state index contributed by atoms with van der Waals surface area (Å²) in [5.74, 6) is 0.467. The van der Waals surface area contributed by atoms with Crippen molar-refractivity contribution in [3.63, 3.8) is 0 Å². The molecule has 3 aromatic rings. The maximum atomic E-state index is 13.6. The largest absolute Gasteiger partial charge is 0.354 e. The zero-order valence-electron chi connectivity index (χ0n) is 20.5. The molecule has 36 heavy (non-hydrogen) atoms. The molecule has 3 aromatic carbocycles. The Morgan fingerprint density at radius 1 is 1.00 bits per heavy atom. The summed E-state index contributed by atoms with van der Waals surface area (Å²) in [6.07, 6.45) is 2.69. The number of carbonyl (C=O) groups is 2. The van der Waals surface area contributed by atoms with Gasteiger partial charge >= 0.3 is 0 Å². The van der Waals surface area contributed by atoms with E-state index in [1.807, 2.05) is 78.9 Å². The average molecular weight is 588 g/mol. The molecule has 0 fully saturated rings. The van der Waals surface area contributed by atoms with Gasteiger partial charge in [0.15, 0.2) is 0 Å². The van der Waals surface area contributed by atoms with Crippen molar-refractivity contribution in [1.82, 2.24) is 10.2 Å². The SMILES string of the molecule is CCCCNC(=O)C(Cc1ccccc1)N(Cc1cccc(Br)c1)C(=O)CCSc1ccc(Cl)cc1. The van der Waals surface area contributed by atoms with E-state index in [0.29, 0.717) is 36.7 Å². The molecular weight excluding hydrogens is 556 g/mol. The van der Waals surface area contributed by atoms with E-state index in [2.05, 4.69) is 28.2 Å². The molecule has 7 heteroatoms. The minimum atomic E-state index is -0.601. The second-order valence-electron chi connectivity index (χ2n) is 8.55. The number of halogens is 2. The van der Waals surface area contributed by atoms with E-state index in [1.54, 1.807) is 16.7 Å². The van der Waals surface area contributed by atoms with Gasteiger partial charge in [-0.05, 0) is 53.9 Å². The van der Waals surface area contributed by atoms with E-state index in [4.69, 9.17) is 11.6 Å². The Balaban J connectivity index is 1.82. The number of unbranched alkanes of at least 4 members (excludes halogenated alkanes) is 1. The van der Waals surface area contributed by atoms with E-state index in [9.17, 15) is 9.59 Å². The van der Waals surface area contributed by atoms with Gasteiger partial charge in [-0.3, -0.25) is 9.59 Å². The molecule has 2 amide bonds. The fourth-order valence-electron chi connectivity index (χ4n) is 3.82. The van der Waals surface area contributed by atoms with Gasteiger partial charge in [0, 0.05) is 46.1 Å². The van der Waals surface area contributed by atoms with E-state index >= 15 is 0 Å². The number of thioether (sulfide) groups is 1. The van der Waals surface area contributed by atoms with Crippen molar-refractivity contribution in [3.05, 3.63) is 99.5 Å². The van der Waals surface area contributed by atoms with Crippen molar-refractivity contribution in [2.45, 2.75) is 50.1 Å². The second kappa shape index (κ2) is 15.1. The topological polar surface area (TPSA) is 49.4 Å². The highest BCUT2D eigenvalue weighted by atomic mass is 79.9. The zero-order valence-corrected chi connectivity index (χ0v) is 23.6. The van der Waals surface area contributed by atoms with Crippen LogP contribution in [0.3, 0.4) is 0 Å². The van der Waals surface area contributed by atoms with Crippen molar-refractivity contribution < 1.29 is 9.59 Å². The molecule has 1 N–H and O–H groups in total. The molecule has 1 atom stereocenters. The molecule has 3 rings (SSSR count). The van der Waals surface area contributed by atoms with Gasteiger partial charge < -0.3 is 10.2 Å². The molecule has 0 bridgehead atoms. The molecule has 1 unspecified atom stereocenters. The van der Waals surface area contributed by atoms with Gasteiger partial charge in [0.1, 0.15) is 6.04 Å². The minimum absolute atomic E-state index is 0.0389. The molecule has 0 saturated carbocycles. The molecule has 0 saturated heterocycles. The molecule has 190 valence electrons. The Labute approximate surface area is 231 Å². The quantitative estimate of drug-likeness (QED) is 0.171. The fourth-order valence-corrected chi connectivity index (χ4v) is 5.24. The number of carbonyl (C=O) groups excluding carboxylic acids is 2. The van der Waals surface area contributed by atoms with Gasteiger partial charge in [-0.2, -0.15) is 0 Å². The summed E-state index contributed by atoms with van der Waals surface area (Å²) < 4.78 is 0.942. The van der Waals surface area contributed by atoms with Crippen LogP contribution in [-0.4, -0.2) is 35.1 Å². The van der Waals surface area contributed by atoms with Crippen molar-refractivity contribution in [1.29, 1.82) is 0 Å². The lowest BCUT2D eigenvalue weighted by atomic mass is 10.0. The fraction of sp³-hybridized carbons (Fsp3) is 0.310. The van der Waals surface area contributed by atoms with E-state index in [1.165, 1.54) is 0 Å². The van der Waals surface area contributed by atoms with Gasteiger partial charge in [-0.15, -0.1) is 11.8 Å². The predicted molar refractivity (Wildman–Crippen MR) is 153 cm³/mol. The number of nitrogens with zero attached hydrogens (tertiary/aromatic N) is 1. The molecule has 0 aliphatic rings. The molecular formula is C29H32BrClN2O2S. The van der Waals surface area contributed by atoms with Crippen molar-refractivity contribution in [3.8, 4) is 0 Å². The Hall–Kier alpha value is -2.28. The van der Waals surface area contributed by atoms with E-state index in [0.717, 1.165) is 33.3 Å². The third-order valence-corrected chi connectivity index (χ3v) is 7.50. The van der Waals surface area contributed by atoms with Crippen molar-refractivity contribution in [2.75, 3.05) is 12.3 Å². The Morgan fingerprint density at radius 2 is 1.72 bits per heavy atom. The molecule has 4 nitrogen and oxygen atoms in total. The van der Waals surface area contributed by atoms with Gasteiger partial charge in [0.2, 0.25) is 11.8 Å². The minimum Gasteiger partial charge on any atom is -0.354 e. The van der Waals surface area contributed by atoms with Gasteiger partial charge in [-0.1, -0.05) is 83.3 Å².